The maximum Gasteiger partial charge on any atom is 0.333 e. The first kappa shape index (κ1) is 24.2. The number of Topliss-reactive ketones (excluding diaryl/α,β-unsaturated/α-hetero) is 1. The van der Waals surface area contributed by atoms with E-state index in [4.69, 9.17) is 16.3 Å². The van der Waals surface area contributed by atoms with Gasteiger partial charge in [0.1, 0.15) is 6.61 Å². The molecular weight excluding hydrogens is 470 g/mol. The maximum absolute atomic E-state index is 13.3. The summed E-state index contributed by atoms with van der Waals surface area (Å²) in [6.45, 7) is 5.06. The van der Waals surface area contributed by atoms with Crippen LogP contribution in [-0.4, -0.2) is 52.7 Å². The highest BCUT2D eigenvalue weighted by Crippen LogP contribution is 2.28. The van der Waals surface area contributed by atoms with Gasteiger partial charge in [-0.25, -0.2) is 4.79 Å². The van der Waals surface area contributed by atoms with E-state index in [9.17, 15) is 19.2 Å². The number of ether oxygens (including phenoxy) is 1. The summed E-state index contributed by atoms with van der Waals surface area (Å²) in [4.78, 5) is 52.4. The van der Waals surface area contributed by atoms with Gasteiger partial charge >= 0.3 is 5.97 Å². The van der Waals surface area contributed by atoms with E-state index in [1.807, 2.05) is 36.6 Å². The lowest BCUT2D eigenvalue weighted by Crippen LogP contribution is -2.32. The standard InChI is InChI=1S/C26H24ClN3O5/c1-3-29(4-2)26(34)19-6-5-7-21-23(19)20(14-30(21)13-16-8-10-17(27)11-9-16)24(32)25(33)28-18-12-22(31)35-15-18/h5-12,14H,3-4,13,15H2,1-2H3,(H,28,33). The zero-order valence-electron chi connectivity index (χ0n) is 19.3. The van der Waals surface area contributed by atoms with Crippen LogP contribution in [-0.2, 0) is 20.9 Å². The van der Waals surface area contributed by atoms with Gasteiger partial charge in [0.15, 0.2) is 0 Å². The number of nitrogens with zero attached hydrogens (tertiary/aromatic N) is 2. The molecule has 0 saturated carbocycles. The predicted molar refractivity (Wildman–Crippen MR) is 131 cm³/mol. The second kappa shape index (κ2) is 10.1. The zero-order valence-corrected chi connectivity index (χ0v) is 20.1. The Bertz CT molecular complexity index is 1350. The number of benzene rings is 2. The number of rotatable bonds is 8. The van der Waals surface area contributed by atoms with E-state index in [2.05, 4.69) is 5.32 Å². The van der Waals surface area contributed by atoms with E-state index in [1.165, 1.54) is 0 Å². The molecule has 2 aromatic carbocycles. The number of amides is 2. The highest BCUT2D eigenvalue weighted by atomic mass is 35.5. The summed E-state index contributed by atoms with van der Waals surface area (Å²) in [6.07, 6.45) is 2.72. The molecule has 0 spiro atoms. The van der Waals surface area contributed by atoms with Crippen LogP contribution >= 0.6 is 11.6 Å². The molecule has 2 amide bonds. The normalized spacial score (nSPS) is 12.9. The predicted octanol–water partition coefficient (Wildman–Crippen LogP) is 3.56. The Morgan fingerprint density at radius 3 is 2.40 bits per heavy atom. The first-order valence-electron chi connectivity index (χ1n) is 11.2. The fourth-order valence-electron chi connectivity index (χ4n) is 4.07. The van der Waals surface area contributed by atoms with Crippen molar-refractivity contribution in [2.45, 2.75) is 20.4 Å². The molecule has 8 nitrogen and oxygen atoms in total. The van der Waals surface area contributed by atoms with Gasteiger partial charge in [-0.2, -0.15) is 0 Å². The number of halogens is 1. The van der Waals surface area contributed by atoms with Gasteiger partial charge in [-0.05, 0) is 43.7 Å². The molecule has 1 aliphatic rings. The van der Waals surface area contributed by atoms with Crippen LogP contribution in [0.3, 0.4) is 0 Å². The van der Waals surface area contributed by atoms with Crippen molar-refractivity contribution in [2.24, 2.45) is 0 Å². The quantitative estimate of drug-likeness (QED) is 0.294. The molecule has 0 fully saturated rings. The fourth-order valence-corrected chi connectivity index (χ4v) is 4.20. The molecule has 0 bridgehead atoms. The molecule has 4 rings (SSSR count). The fraction of sp³-hybridized carbons (Fsp3) is 0.231. The number of carbonyl (C=O) groups is 4. The average Bonchev–Trinajstić information content (AvgIpc) is 3.43. The van der Waals surface area contributed by atoms with Gasteiger partial charge in [0.25, 0.3) is 17.6 Å². The minimum absolute atomic E-state index is 0.105. The van der Waals surface area contributed by atoms with Crippen LogP contribution in [0.2, 0.25) is 5.02 Å². The number of fused-ring (bicyclic) bond motifs is 1. The SMILES string of the molecule is CCN(CC)C(=O)c1cccc2c1c(C(=O)C(=O)NC1=CC(=O)OC1)cn2Cc1ccc(Cl)cc1. The third-order valence-electron chi connectivity index (χ3n) is 5.84. The number of carbonyl (C=O) groups excluding carboxylic acids is 4. The summed E-state index contributed by atoms with van der Waals surface area (Å²) < 4.78 is 6.61. The molecule has 1 N–H and O–H groups in total. The number of esters is 1. The van der Waals surface area contributed by atoms with Gasteiger partial charge < -0.3 is 19.5 Å². The Balaban J connectivity index is 1.80. The number of ketones is 1. The van der Waals surface area contributed by atoms with Crippen molar-refractivity contribution in [1.82, 2.24) is 14.8 Å². The zero-order chi connectivity index (χ0) is 25.1. The minimum atomic E-state index is -0.912. The Morgan fingerprint density at radius 1 is 1.06 bits per heavy atom. The summed E-state index contributed by atoms with van der Waals surface area (Å²) in [5.74, 6) is -2.54. The number of cyclic esters (lactones) is 1. The number of aromatic nitrogens is 1. The third kappa shape index (κ3) is 4.97. The minimum Gasteiger partial charge on any atom is -0.456 e. The molecular formula is C26H24ClN3O5. The Labute approximate surface area is 207 Å². The number of nitrogens with one attached hydrogen (secondary N) is 1. The van der Waals surface area contributed by atoms with Gasteiger partial charge in [-0.1, -0.05) is 29.8 Å². The van der Waals surface area contributed by atoms with Gasteiger partial charge in [0.2, 0.25) is 0 Å². The first-order valence-corrected chi connectivity index (χ1v) is 11.6. The Kier molecular flexibility index (Phi) is 7.02. The molecule has 0 saturated heterocycles. The molecule has 3 aromatic rings. The van der Waals surface area contributed by atoms with Crippen molar-refractivity contribution in [3.63, 3.8) is 0 Å². The van der Waals surface area contributed by atoms with Crippen molar-refractivity contribution < 1.29 is 23.9 Å². The smallest absolute Gasteiger partial charge is 0.333 e. The second-order valence-corrected chi connectivity index (χ2v) is 8.47. The lowest BCUT2D eigenvalue weighted by atomic mass is 10.0. The Hall–Kier alpha value is -3.91. The van der Waals surface area contributed by atoms with Crippen molar-refractivity contribution in [2.75, 3.05) is 19.7 Å². The lowest BCUT2D eigenvalue weighted by Gasteiger charge is -2.19. The summed E-state index contributed by atoms with van der Waals surface area (Å²) >= 11 is 6.01. The topological polar surface area (TPSA) is 97.7 Å². The summed E-state index contributed by atoms with van der Waals surface area (Å²) in [7, 11) is 0. The van der Waals surface area contributed by atoms with E-state index < -0.39 is 17.7 Å². The summed E-state index contributed by atoms with van der Waals surface area (Å²) in [6, 6.07) is 12.5. The molecule has 0 atom stereocenters. The molecule has 1 aromatic heterocycles. The second-order valence-electron chi connectivity index (χ2n) is 8.03. The molecule has 2 heterocycles. The molecule has 35 heavy (non-hydrogen) atoms. The lowest BCUT2D eigenvalue weighted by molar-refractivity contribution is -0.135. The molecule has 1 aliphatic heterocycles. The van der Waals surface area contributed by atoms with E-state index in [0.717, 1.165) is 11.6 Å². The largest absolute Gasteiger partial charge is 0.456 e. The Morgan fingerprint density at radius 2 is 1.77 bits per heavy atom. The van der Waals surface area contributed by atoms with Crippen LogP contribution in [0.1, 0.15) is 40.1 Å². The van der Waals surface area contributed by atoms with Gasteiger partial charge in [-0.3, -0.25) is 14.4 Å². The van der Waals surface area contributed by atoms with E-state index in [1.54, 1.807) is 35.4 Å². The van der Waals surface area contributed by atoms with Crippen molar-refractivity contribution in [1.29, 1.82) is 0 Å². The monoisotopic (exact) mass is 493 g/mol. The van der Waals surface area contributed by atoms with Crippen LogP contribution in [0.25, 0.3) is 10.9 Å². The van der Waals surface area contributed by atoms with E-state index in [-0.39, 0.29) is 23.8 Å². The van der Waals surface area contributed by atoms with Crippen LogP contribution in [0.4, 0.5) is 0 Å². The molecule has 9 heteroatoms. The van der Waals surface area contributed by atoms with Crippen molar-refractivity contribution in [3.05, 3.63) is 82.1 Å². The molecule has 0 radical (unpaired) electrons. The van der Waals surface area contributed by atoms with Crippen LogP contribution in [0, 0.1) is 0 Å². The maximum atomic E-state index is 13.3. The first-order chi connectivity index (χ1) is 16.8. The van der Waals surface area contributed by atoms with Gasteiger partial charge in [0.05, 0.1) is 11.3 Å². The van der Waals surface area contributed by atoms with Gasteiger partial charge in [-0.15, -0.1) is 0 Å². The summed E-state index contributed by atoms with van der Waals surface area (Å²) in [5, 5.41) is 3.45. The number of hydrogen-bond donors (Lipinski definition) is 1. The molecule has 180 valence electrons. The summed E-state index contributed by atoms with van der Waals surface area (Å²) in [5.41, 5.74) is 2.23. The van der Waals surface area contributed by atoms with Crippen molar-refractivity contribution >= 4 is 46.1 Å². The molecule has 0 aliphatic carbocycles. The average molecular weight is 494 g/mol. The molecule has 0 unspecified atom stereocenters. The van der Waals surface area contributed by atoms with Crippen LogP contribution in [0.5, 0.6) is 0 Å². The highest BCUT2D eigenvalue weighted by Gasteiger charge is 2.28. The number of hydrogen-bond acceptors (Lipinski definition) is 5. The third-order valence-corrected chi connectivity index (χ3v) is 6.09. The van der Waals surface area contributed by atoms with Crippen molar-refractivity contribution in [3.8, 4) is 0 Å². The van der Waals surface area contributed by atoms with E-state index >= 15 is 0 Å². The van der Waals surface area contributed by atoms with Crippen LogP contribution < -0.4 is 5.32 Å². The highest BCUT2D eigenvalue weighted by molar-refractivity contribution is 6.45. The van der Waals surface area contributed by atoms with Crippen LogP contribution in [0.15, 0.2) is 60.4 Å². The van der Waals surface area contributed by atoms with Gasteiger partial charge in [0, 0.05) is 53.4 Å². The van der Waals surface area contributed by atoms with E-state index in [0.29, 0.717) is 41.1 Å².